The highest BCUT2D eigenvalue weighted by Gasteiger charge is 2.22. The number of carbonyl (C=O) groups excluding carboxylic acids is 2. The Labute approximate surface area is 132 Å². The second-order valence-electron chi connectivity index (χ2n) is 4.68. The lowest BCUT2D eigenvalue weighted by Crippen LogP contribution is -2.29. The first kappa shape index (κ1) is 16.0. The summed E-state index contributed by atoms with van der Waals surface area (Å²) >= 11 is 1.11. The van der Waals surface area contributed by atoms with Gasteiger partial charge in [0.2, 0.25) is 0 Å². The average Bonchev–Trinajstić information content (AvgIpc) is 2.89. The van der Waals surface area contributed by atoms with Crippen molar-refractivity contribution in [2.24, 2.45) is 0 Å². The largest absolute Gasteiger partial charge is 0.508 e. The second kappa shape index (κ2) is 6.62. The Morgan fingerprint density at radius 3 is 2.64 bits per heavy atom. The van der Waals surface area contributed by atoms with E-state index in [1.807, 2.05) is 6.92 Å². The van der Waals surface area contributed by atoms with Gasteiger partial charge in [-0.3, -0.25) is 4.79 Å². The van der Waals surface area contributed by atoms with Gasteiger partial charge in [0.05, 0.1) is 12.0 Å². The van der Waals surface area contributed by atoms with Crippen molar-refractivity contribution >= 4 is 28.9 Å². The van der Waals surface area contributed by atoms with E-state index in [0.29, 0.717) is 27.5 Å². The number of hydrogen-bond acceptors (Lipinski definition) is 5. The lowest BCUT2D eigenvalue weighted by atomic mass is 10.2. The molecule has 0 bridgehead atoms. The molecule has 1 heterocycles. The van der Waals surface area contributed by atoms with Crippen LogP contribution < -0.4 is 4.90 Å². The van der Waals surface area contributed by atoms with Crippen molar-refractivity contribution in [2.45, 2.75) is 13.8 Å². The molecule has 0 spiro atoms. The monoisotopic (exact) mass is 319 g/mol. The molecule has 5 nitrogen and oxygen atoms in total. The SMILES string of the molecule is CCN(C(=O)c1cc(C)c(C(=O)OC)s1)c1cccc(O)c1. The number of aromatic hydroxyl groups is 1. The lowest BCUT2D eigenvalue weighted by Gasteiger charge is -2.20. The number of phenols is 1. The summed E-state index contributed by atoms with van der Waals surface area (Å²) in [6.45, 7) is 4.07. The van der Waals surface area contributed by atoms with Gasteiger partial charge < -0.3 is 14.7 Å². The van der Waals surface area contributed by atoms with Crippen LogP contribution in [0, 0.1) is 6.92 Å². The molecule has 0 atom stereocenters. The molecule has 0 aliphatic heterocycles. The van der Waals surface area contributed by atoms with Crippen molar-refractivity contribution in [1.82, 2.24) is 0 Å². The number of thiophene rings is 1. The summed E-state index contributed by atoms with van der Waals surface area (Å²) in [6, 6.07) is 8.20. The number of methoxy groups -OCH3 is 1. The van der Waals surface area contributed by atoms with Crippen LogP contribution in [0.25, 0.3) is 0 Å². The van der Waals surface area contributed by atoms with Gasteiger partial charge in [0.15, 0.2) is 0 Å². The van der Waals surface area contributed by atoms with E-state index in [9.17, 15) is 14.7 Å². The third kappa shape index (κ3) is 3.12. The van der Waals surface area contributed by atoms with Crippen LogP contribution in [0.1, 0.15) is 31.8 Å². The van der Waals surface area contributed by atoms with Crippen molar-refractivity contribution in [3.8, 4) is 5.75 Å². The van der Waals surface area contributed by atoms with Crippen molar-refractivity contribution < 1.29 is 19.4 Å². The molecule has 22 heavy (non-hydrogen) atoms. The zero-order chi connectivity index (χ0) is 16.3. The van der Waals surface area contributed by atoms with Gasteiger partial charge in [-0.25, -0.2) is 4.79 Å². The van der Waals surface area contributed by atoms with Gasteiger partial charge >= 0.3 is 5.97 Å². The predicted molar refractivity (Wildman–Crippen MR) is 85.9 cm³/mol. The van der Waals surface area contributed by atoms with E-state index in [-0.39, 0.29) is 11.7 Å². The van der Waals surface area contributed by atoms with Gasteiger partial charge in [-0.1, -0.05) is 6.07 Å². The molecule has 2 aromatic rings. The number of aryl methyl sites for hydroxylation is 1. The van der Waals surface area contributed by atoms with Crippen LogP contribution in [-0.4, -0.2) is 30.6 Å². The summed E-state index contributed by atoms with van der Waals surface area (Å²) < 4.78 is 4.71. The number of carbonyl (C=O) groups is 2. The Kier molecular flexibility index (Phi) is 4.82. The molecule has 2 rings (SSSR count). The molecule has 0 aliphatic rings. The van der Waals surface area contributed by atoms with Gasteiger partial charge in [0, 0.05) is 18.3 Å². The minimum atomic E-state index is -0.443. The summed E-state index contributed by atoms with van der Waals surface area (Å²) in [6.07, 6.45) is 0. The smallest absolute Gasteiger partial charge is 0.348 e. The molecular formula is C16H17NO4S. The predicted octanol–water partition coefficient (Wildman–Crippen LogP) is 3.22. The summed E-state index contributed by atoms with van der Waals surface area (Å²) in [4.78, 5) is 26.8. The van der Waals surface area contributed by atoms with Crippen LogP contribution in [0.2, 0.25) is 0 Å². The second-order valence-corrected chi connectivity index (χ2v) is 5.74. The first-order valence-electron chi connectivity index (χ1n) is 6.77. The highest BCUT2D eigenvalue weighted by Crippen LogP contribution is 2.27. The highest BCUT2D eigenvalue weighted by atomic mass is 32.1. The zero-order valence-electron chi connectivity index (χ0n) is 12.6. The van der Waals surface area contributed by atoms with E-state index in [1.54, 1.807) is 36.1 Å². The molecule has 0 fully saturated rings. The number of rotatable bonds is 4. The van der Waals surface area contributed by atoms with E-state index in [0.717, 1.165) is 11.3 Å². The summed E-state index contributed by atoms with van der Waals surface area (Å²) in [5, 5.41) is 9.57. The molecule has 1 aromatic heterocycles. The summed E-state index contributed by atoms with van der Waals surface area (Å²) in [5.41, 5.74) is 1.32. The highest BCUT2D eigenvalue weighted by molar-refractivity contribution is 7.16. The molecule has 1 N–H and O–H groups in total. The molecule has 116 valence electrons. The number of anilines is 1. The molecular weight excluding hydrogens is 302 g/mol. The van der Waals surface area contributed by atoms with E-state index in [2.05, 4.69) is 0 Å². The Morgan fingerprint density at radius 1 is 1.32 bits per heavy atom. The molecule has 0 aliphatic carbocycles. The third-order valence-corrected chi connectivity index (χ3v) is 4.41. The fourth-order valence-electron chi connectivity index (χ4n) is 2.12. The zero-order valence-corrected chi connectivity index (χ0v) is 13.4. The maximum atomic E-state index is 12.7. The summed E-state index contributed by atoms with van der Waals surface area (Å²) in [5.74, 6) is -0.556. The maximum absolute atomic E-state index is 12.7. The Morgan fingerprint density at radius 2 is 2.05 bits per heavy atom. The van der Waals surface area contributed by atoms with E-state index in [1.165, 1.54) is 13.2 Å². The van der Waals surface area contributed by atoms with Gasteiger partial charge in [-0.2, -0.15) is 0 Å². The molecule has 0 saturated heterocycles. The number of ether oxygens (including phenoxy) is 1. The molecule has 6 heteroatoms. The Bertz CT molecular complexity index is 708. The van der Waals surface area contributed by atoms with Gasteiger partial charge in [-0.05, 0) is 37.6 Å². The Hall–Kier alpha value is -2.34. The quantitative estimate of drug-likeness (QED) is 0.879. The van der Waals surface area contributed by atoms with Crippen LogP contribution in [0.5, 0.6) is 5.75 Å². The fourth-order valence-corrected chi connectivity index (χ4v) is 3.16. The standard InChI is InChI=1S/C16H17NO4S/c1-4-17(11-6-5-7-12(18)9-11)15(19)13-8-10(2)14(22-13)16(20)21-3/h5-9,18H,4H2,1-3H3. The van der Waals surface area contributed by atoms with Crippen LogP contribution in [0.4, 0.5) is 5.69 Å². The minimum Gasteiger partial charge on any atom is -0.508 e. The van der Waals surface area contributed by atoms with Crippen LogP contribution in [0.15, 0.2) is 30.3 Å². The number of hydrogen-bond donors (Lipinski definition) is 1. The van der Waals surface area contributed by atoms with Crippen molar-refractivity contribution in [2.75, 3.05) is 18.6 Å². The van der Waals surface area contributed by atoms with Gasteiger partial charge in [0.25, 0.3) is 5.91 Å². The van der Waals surface area contributed by atoms with E-state index < -0.39 is 5.97 Å². The van der Waals surface area contributed by atoms with E-state index >= 15 is 0 Å². The molecule has 1 amide bonds. The topological polar surface area (TPSA) is 66.8 Å². The van der Waals surface area contributed by atoms with E-state index in [4.69, 9.17) is 4.74 Å². The Balaban J connectivity index is 2.35. The van der Waals surface area contributed by atoms with Crippen LogP contribution in [0.3, 0.4) is 0 Å². The van der Waals surface area contributed by atoms with Crippen LogP contribution >= 0.6 is 11.3 Å². The van der Waals surface area contributed by atoms with Crippen molar-refractivity contribution in [3.63, 3.8) is 0 Å². The molecule has 0 radical (unpaired) electrons. The number of benzene rings is 1. The molecule has 1 aromatic carbocycles. The lowest BCUT2D eigenvalue weighted by molar-refractivity contribution is 0.0605. The first-order valence-corrected chi connectivity index (χ1v) is 7.59. The van der Waals surface area contributed by atoms with Gasteiger partial charge in [0.1, 0.15) is 10.6 Å². The fraction of sp³-hybridized carbons (Fsp3) is 0.250. The molecule has 0 saturated carbocycles. The van der Waals surface area contributed by atoms with Crippen molar-refractivity contribution in [1.29, 1.82) is 0 Å². The van der Waals surface area contributed by atoms with Crippen LogP contribution in [-0.2, 0) is 4.74 Å². The maximum Gasteiger partial charge on any atom is 0.348 e. The average molecular weight is 319 g/mol. The minimum absolute atomic E-state index is 0.0985. The number of esters is 1. The third-order valence-electron chi connectivity index (χ3n) is 3.20. The number of phenolic OH excluding ortho intramolecular Hbond substituents is 1. The molecule has 0 unspecified atom stereocenters. The first-order chi connectivity index (χ1) is 10.5. The van der Waals surface area contributed by atoms with Gasteiger partial charge in [-0.15, -0.1) is 11.3 Å². The number of amides is 1. The normalized spacial score (nSPS) is 10.3. The summed E-state index contributed by atoms with van der Waals surface area (Å²) in [7, 11) is 1.31. The van der Waals surface area contributed by atoms with Crippen molar-refractivity contribution in [3.05, 3.63) is 45.6 Å². The number of nitrogens with zero attached hydrogens (tertiary/aromatic N) is 1.